The quantitative estimate of drug-likeness (QED) is 0.740. The molecule has 0 aromatic heterocycles. The first kappa shape index (κ1) is 12.3. The summed E-state index contributed by atoms with van der Waals surface area (Å²) in [7, 11) is 1.47. The van der Waals surface area contributed by atoms with Gasteiger partial charge in [-0.15, -0.1) is 0 Å². The highest BCUT2D eigenvalue weighted by atomic mass is 19.3. The number of aliphatic carboxylic acids is 1. The second-order valence-corrected chi connectivity index (χ2v) is 4.04. The van der Waals surface area contributed by atoms with E-state index in [2.05, 4.69) is 0 Å². The van der Waals surface area contributed by atoms with Crippen molar-refractivity contribution in [2.75, 3.05) is 13.6 Å². The van der Waals surface area contributed by atoms with Crippen molar-refractivity contribution in [3.63, 3.8) is 0 Å². The normalized spacial score (nSPS) is 13.5. The van der Waals surface area contributed by atoms with Crippen molar-refractivity contribution in [3.8, 4) is 0 Å². The van der Waals surface area contributed by atoms with Crippen molar-refractivity contribution in [1.82, 2.24) is 4.90 Å². The van der Waals surface area contributed by atoms with Gasteiger partial charge >= 0.3 is 11.9 Å². The van der Waals surface area contributed by atoms with Gasteiger partial charge in [-0.3, -0.25) is 4.90 Å². The predicted molar refractivity (Wildman–Crippen MR) is 45.0 cm³/mol. The third-order valence-corrected chi connectivity index (χ3v) is 1.89. The Morgan fingerprint density at radius 2 is 1.77 bits per heavy atom. The van der Waals surface area contributed by atoms with Crippen LogP contribution in [-0.2, 0) is 4.79 Å². The number of carbonyl (C=O) groups is 1. The number of nitrogens with zero attached hydrogens (tertiary/aromatic N) is 1. The Kier molecular flexibility index (Phi) is 3.38. The Morgan fingerprint density at radius 3 is 2.00 bits per heavy atom. The van der Waals surface area contributed by atoms with Gasteiger partial charge in [-0.2, -0.15) is 8.78 Å². The summed E-state index contributed by atoms with van der Waals surface area (Å²) in [6, 6.07) is 0. The maximum absolute atomic E-state index is 12.7. The van der Waals surface area contributed by atoms with Crippen LogP contribution < -0.4 is 0 Å². The van der Waals surface area contributed by atoms with Crippen LogP contribution in [0.4, 0.5) is 8.78 Å². The standard InChI is InChI=1S/C8H15F2NO2/c1-7(2,3)11(4)5-8(9,10)6(12)13/h5H2,1-4H3,(H,12,13). The molecule has 5 heteroatoms. The number of halogens is 2. The maximum Gasteiger partial charge on any atom is 0.375 e. The highest BCUT2D eigenvalue weighted by Gasteiger charge is 2.41. The van der Waals surface area contributed by atoms with Gasteiger partial charge in [-0.05, 0) is 27.8 Å². The van der Waals surface area contributed by atoms with E-state index < -0.39 is 24.0 Å². The van der Waals surface area contributed by atoms with Crippen molar-refractivity contribution in [1.29, 1.82) is 0 Å². The summed E-state index contributed by atoms with van der Waals surface area (Å²) in [5.74, 6) is -5.76. The molecule has 0 unspecified atom stereocenters. The van der Waals surface area contributed by atoms with Crippen LogP contribution in [0.25, 0.3) is 0 Å². The lowest BCUT2D eigenvalue weighted by molar-refractivity contribution is -0.168. The van der Waals surface area contributed by atoms with E-state index in [-0.39, 0.29) is 0 Å². The molecule has 0 fully saturated rings. The minimum atomic E-state index is -3.68. The van der Waals surface area contributed by atoms with Gasteiger partial charge in [-0.25, -0.2) is 4.79 Å². The van der Waals surface area contributed by atoms with Gasteiger partial charge in [0, 0.05) is 5.54 Å². The van der Waals surface area contributed by atoms with Crippen LogP contribution >= 0.6 is 0 Å². The third-order valence-electron chi connectivity index (χ3n) is 1.89. The molecule has 0 rings (SSSR count). The molecule has 0 saturated carbocycles. The molecule has 3 nitrogen and oxygen atoms in total. The minimum absolute atomic E-state index is 0.459. The fourth-order valence-electron chi connectivity index (χ4n) is 0.603. The van der Waals surface area contributed by atoms with Crippen LogP contribution in [0.1, 0.15) is 20.8 Å². The molecule has 0 spiro atoms. The molecule has 1 N–H and O–H groups in total. The molecule has 0 bridgehead atoms. The van der Waals surface area contributed by atoms with E-state index >= 15 is 0 Å². The highest BCUT2D eigenvalue weighted by molar-refractivity contribution is 5.75. The molecule has 0 heterocycles. The fraction of sp³-hybridized carbons (Fsp3) is 0.875. The van der Waals surface area contributed by atoms with E-state index in [0.29, 0.717) is 0 Å². The fourth-order valence-corrected chi connectivity index (χ4v) is 0.603. The molecule has 13 heavy (non-hydrogen) atoms. The van der Waals surface area contributed by atoms with Crippen molar-refractivity contribution < 1.29 is 18.7 Å². The van der Waals surface area contributed by atoms with Gasteiger partial charge in [0.1, 0.15) is 0 Å². The van der Waals surface area contributed by atoms with Crippen molar-refractivity contribution >= 4 is 5.97 Å². The van der Waals surface area contributed by atoms with Crippen molar-refractivity contribution in [2.45, 2.75) is 32.2 Å². The summed E-state index contributed by atoms with van der Waals surface area (Å²) in [4.78, 5) is 11.4. The van der Waals surface area contributed by atoms with E-state index in [4.69, 9.17) is 5.11 Å². The number of carboxylic acids is 1. The number of carboxylic acid groups (broad SMARTS) is 1. The zero-order chi connectivity index (χ0) is 10.9. The summed E-state index contributed by atoms with van der Waals surface area (Å²) in [5, 5.41) is 8.18. The van der Waals surface area contributed by atoms with Gasteiger partial charge in [0.2, 0.25) is 0 Å². The van der Waals surface area contributed by atoms with Gasteiger partial charge in [-0.1, -0.05) is 0 Å². The van der Waals surface area contributed by atoms with Crippen LogP contribution in [0.2, 0.25) is 0 Å². The van der Waals surface area contributed by atoms with E-state index in [1.807, 2.05) is 0 Å². The van der Waals surface area contributed by atoms with Crippen LogP contribution in [0.15, 0.2) is 0 Å². The topological polar surface area (TPSA) is 40.5 Å². The Morgan fingerprint density at radius 1 is 1.38 bits per heavy atom. The molecule has 0 aromatic rings. The minimum Gasteiger partial charge on any atom is -0.477 e. The molecule has 0 amide bonds. The Hall–Kier alpha value is -0.710. The lowest BCUT2D eigenvalue weighted by Gasteiger charge is -2.33. The van der Waals surface area contributed by atoms with Crippen LogP contribution in [0, 0.1) is 0 Å². The average Bonchev–Trinajstić information content (AvgIpc) is 1.83. The molecular formula is C8H15F2NO2. The molecule has 0 saturated heterocycles. The van der Waals surface area contributed by atoms with E-state index in [1.54, 1.807) is 20.8 Å². The third kappa shape index (κ3) is 3.67. The Balaban J connectivity index is 4.37. The van der Waals surface area contributed by atoms with Crippen LogP contribution in [0.5, 0.6) is 0 Å². The molecule has 0 radical (unpaired) electrons. The molecule has 78 valence electrons. The number of hydrogen-bond acceptors (Lipinski definition) is 2. The lowest BCUT2D eigenvalue weighted by Crippen LogP contribution is -2.48. The highest BCUT2D eigenvalue weighted by Crippen LogP contribution is 2.19. The average molecular weight is 195 g/mol. The van der Waals surface area contributed by atoms with Crippen molar-refractivity contribution in [3.05, 3.63) is 0 Å². The summed E-state index contributed by atoms with van der Waals surface area (Å²) >= 11 is 0. The molecule has 0 aliphatic carbocycles. The molecule has 0 aliphatic heterocycles. The molecule has 0 atom stereocenters. The molecule has 0 aliphatic rings. The smallest absolute Gasteiger partial charge is 0.375 e. The summed E-state index contributed by atoms with van der Waals surface area (Å²) in [6.45, 7) is 4.45. The monoisotopic (exact) mass is 195 g/mol. The van der Waals surface area contributed by atoms with E-state index in [9.17, 15) is 13.6 Å². The second kappa shape index (κ2) is 3.57. The number of rotatable bonds is 3. The zero-order valence-corrected chi connectivity index (χ0v) is 8.27. The zero-order valence-electron chi connectivity index (χ0n) is 8.27. The number of hydrogen-bond donors (Lipinski definition) is 1. The Labute approximate surface area is 76.3 Å². The first-order valence-electron chi connectivity index (χ1n) is 3.90. The van der Waals surface area contributed by atoms with E-state index in [1.165, 1.54) is 11.9 Å². The SMILES string of the molecule is CN(CC(F)(F)C(=O)O)C(C)(C)C. The maximum atomic E-state index is 12.7. The van der Waals surface area contributed by atoms with Crippen LogP contribution in [0.3, 0.4) is 0 Å². The van der Waals surface area contributed by atoms with E-state index in [0.717, 1.165) is 0 Å². The summed E-state index contributed by atoms with van der Waals surface area (Å²) in [6.07, 6.45) is 0. The van der Waals surface area contributed by atoms with Crippen LogP contribution in [-0.4, -0.2) is 41.0 Å². The predicted octanol–water partition coefficient (Wildman–Crippen LogP) is 1.44. The molecular weight excluding hydrogens is 180 g/mol. The summed E-state index contributed by atoms with van der Waals surface area (Å²) < 4.78 is 25.4. The first-order chi connectivity index (χ1) is 5.57. The van der Waals surface area contributed by atoms with Gasteiger partial charge in [0.15, 0.2) is 0 Å². The number of alkyl halides is 2. The van der Waals surface area contributed by atoms with Gasteiger partial charge < -0.3 is 5.11 Å². The largest absolute Gasteiger partial charge is 0.477 e. The van der Waals surface area contributed by atoms with Gasteiger partial charge in [0.05, 0.1) is 6.54 Å². The van der Waals surface area contributed by atoms with Crippen molar-refractivity contribution in [2.24, 2.45) is 0 Å². The molecule has 0 aromatic carbocycles. The lowest BCUT2D eigenvalue weighted by atomic mass is 10.1. The summed E-state index contributed by atoms with van der Waals surface area (Å²) in [5.41, 5.74) is -0.459. The van der Waals surface area contributed by atoms with Gasteiger partial charge in [0.25, 0.3) is 0 Å². The Bertz CT molecular complexity index is 199. The first-order valence-corrected chi connectivity index (χ1v) is 3.90. The second-order valence-electron chi connectivity index (χ2n) is 4.04.